The first-order valence-corrected chi connectivity index (χ1v) is 8.71. The molecule has 0 unspecified atom stereocenters. The Morgan fingerprint density at radius 1 is 1.27 bits per heavy atom. The topological polar surface area (TPSA) is 66.9 Å². The van der Waals surface area contributed by atoms with Crippen LogP contribution in [-0.2, 0) is 26.0 Å². The molecule has 1 aliphatic rings. The number of nitrogens with zero attached hydrogens (tertiary/aromatic N) is 2. The number of ether oxygens (including phenoxy) is 1. The first-order valence-electron chi connectivity index (χ1n) is 6.86. The Kier molecular flexibility index (Phi) is 5.02. The molecule has 1 heterocycles. The molecule has 0 N–H and O–H groups in total. The maximum Gasteiger partial charge on any atom is 0.310 e. The van der Waals surface area contributed by atoms with Crippen LogP contribution in [0.3, 0.4) is 0 Å². The highest BCUT2D eigenvalue weighted by Crippen LogP contribution is 2.21. The summed E-state index contributed by atoms with van der Waals surface area (Å²) >= 11 is 0. The Morgan fingerprint density at radius 3 is 2.45 bits per heavy atom. The Hall–Kier alpha value is -1.67. The van der Waals surface area contributed by atoms with E-state index >= 15 is 0 Å². The first kappa shape index (κ1) is 16.7. The van der Waals surface area contributed by atoms with Gasteiger partial charge < -0.3 is 9.64 Å². The minimum absolute atomic E-state index is 0.126. The molecule has 0 saturated carbocycles. The molecule has 22 heavy (non-hydrogen) atoms. The van der Waals surface area contributed by atoms with Crippen LogP contribution in [-0.4, -0.2) is 58.2 Å². The van der Waals surface area contributed by atoms with Crippen LogP contribution in [0.4, 0.5) is 10.1 Å². The summed E-state index contributed by atoms with van der Waals surface area (Å²) in [7, 11) is -1.92. The lowest BCUT2D eigenvalue weighted by Crippen LogP contribution is -2.48. The normalized spacial score (nSPS) is 16.6. The molecule has 0 aliphatic carbocycles. The fraction of sp³-hybridized carbons (Fsp3) is 0.500. The van der Waals surface area contributed by atoms with Crippen molar-refractivity contribution < 1.29 is 22.3 Å². The number of sulfonamides is 1. The van der Waals surface area contributed by atoms with E-state index in [1.807, 2.05) is 4.90 Å². The summed E-state index contributed by atoms with van der Waals surface area (Å²) in [6.45, 7) is 1.83. The number of carbonyl (C=O) groups is 1. The zero-order valence-electron chi connectivity index (χ0n) is 12.6. The maximum absolute atomic E-state index is 13.7. The Bertz CT molecular complexity index is 655. The van der Waals surface area contributed by atoms with Gasteiger partial charge in [0.05, 0.1) is 19.8 Å². The number of carbonyl (C=O) groups excluding carboxylic acids is 1. The smallest absolute Gasteiger partial charge is 0.310 e. The summed E-state index contributed by atoms with van der Waals surface area (Å²) in [5.41, 5.74) is 1.04. The molecule has 1 saturated heterocycles. The van der Waals surface area contributed by atoms with Gasteiger partial charge in [-0.2, -0.15) is 4.31 Å². The largest absolute Gasteiger partial charge is 0.469 e. The minimum Gasteiger partial charge on any atom is -0.469 e. The van der Waals surface area contributed by atoms with Crippen LogP contribution in [0.1, 0.15) is 5.56 Å². The number of benzene rings is 1. The molecular formula is C14H19FN2O4S. The molecular weight excluding hydrogens is 311 g/mol. The molecule has 2 rings (SSSR count). The number of esters is 1. The molecule has 1 fully saturated rings. The quantitative estimate of drug-likeness (QED) is 0.757. The number of rotatable bonds is 4. The second-order valence-electron chi connectivity index (χ2n) is 5.18. The van der Waals surface area contributed by atoms with Crippen molar-refractivity contribution in [2.75, 3.05) is 44.4 Å². The Morgan fingerprint density at radius 2 is 1.91 bits per heavy atom. The Labute approximate surface area is 129 Å². The van der Waals surface area contributed by atoms with Crippen molar-refractivity contribution in [2.24, 2.45) is 0 Å². The van der Waals surface area contributed by atoms with Gasteiger partial charge in [-0.1, -0.05) is 0 Å². The van der Waals surface area contributed by atoms with Crippen molar-refractivity contribution in [1.29, 1.82) is 0 Å². The molecule has 0 radical (unpaired) electrons. The number of hydrogen-bond donors (Lipinski definition) is 0. The fourth-order valence-corrected chi connectivity index (χ4v) is 3.23. The predicted octanol–water partition coefficient (Wildman–Crippen LogP) is 0.623. The zero-order chi connectivity index (χ0) is 16.3. The van der Waals surface area contributed by atoms with E-state index in [0.29, 0.717) is 26.2 Å². The first-order chi connectivity index (χ1) is 10.3. The monoisotopic (exact) mass is 330 g/mol. The molecule has 8 heteroatoms. The minimum atomic E-state index is -3.18. The van der Waals surface area contributed by atoms with Crippen LogP contribution >= 0.6 is 0 Å². The molecule has 0 bridgehead atoms. The molecule has 1 aromatic carbocycles. The number of methoxy groups -OCH3 is 1. The fourth-order valence-electron chi connectivity index (χ4n) is 2.40. The van der Waals surface area contributed by atoms with Crippen molar-refractivity contribution in [3.63, 3.8) is 0 Å². The standard InChI is InChI=1S/C14H19FN2O4S/c1-21-14(18)10-11-9-12(3-4-13(11)15)16-5-7-17(8-6-16)22(2,19)20/h3-4,9H,5-8,10H2,1-2H3. The third kappa shape index (κ3) is 3.95. The van der Waals surface area contributed by atoms with Crippen molar-refractivity contribution in [1.82, 2.24) is 4.31 Å². The van der Waals surface area contributed by atoms with E-state index in [1.54, 1.807) is 12.1 Å². The predicted molar refractivity (Wildman–Crippen MR) is 80.7 cm³/mol. The highest BCUT2D eigenvalue weighted by molar-refractivity contribution is 7.88. The Balaban J connectivity index is 2.11. The van der Waals surface area contributed by atoms with E-state index in [0.717, 1.165) is 5.69 Å². The lowest BCUT2D eigenvalue weighted by Gasteiger charge is -2.34. The summed E-state index contributed by atoms with van der Waals surface area (Å²) in [4.78, 5) is 13.3. The van der Waals surface area contributed by atoms with Crippen LogP contribution in [0.15, 0.2) is 18.2 Å². The van der Waals surface area contributed by atoms with Crippen molar-refractivity contribution in [2.45, 2.75) is 6.42 Å². The number of anilines is 1. The maximum atomic E-state index is 13.7. The molecule has 0 aromatic heterocycles. The molecule has 0 atom stereocenters. The summed E-state index contributed by atoms with van der Waals surface area (Å²) in [5.74, 6) is -0.957. The average molecular weight is 330 g/mol. The van der Waals surface area contributed by atoms with Crippen LogP contribution < -0.4 is 4.90 Å². The van der Waals surface area contributed by atoms with Crippen molar-refractivity contribution in [3.8, 4) is 0 Å². The van der Waals surface area contributed by atoms with Gasteiger partial charge in [0.15, 0.2) is 0 Å². The summed E-state index contributed by atoms with van der Waals surface area (Å²) in [5, 5.41) is 0. The van der Waals surface area contributed by atoms with E-state index in [-0.39, 0.29) is 12.0 Å². The van der Waals surface area contributed by atoms with E-state index in [1.165, 1.54) is 23.7 Å². The van der Waals surface area contributed by atoms with Crippen LogP contribution in [0.5, 0.6) is 0 Å². The molecule has 0 amide bonds. The van der Waals surface area contributed by atoms with Gasteiger partial charge in [0.2, 0.25) is 10.0 Å². The van der Waals surface area contributed by atoms with Crippen LogP contribution in [0.2, 0.25) is 0 Å². The third-order valence-electron chi connectivity index (χ3n) is 3.66. The average Bonchev–Trinajstić information content (AvgIpc) is 2.48. The van der Waals surface area contributed by atoms with Crippen molar-refractivity contribution >= 4 is 21.7 Å². The van der Waals surface area contributed by atoms with Gasteiger partial charge >= 0.3 is 5.97 Å². The lowest BCUT2D eigenvalue weighted by molar-refractivity contribution is -0.139. The third-order valence-corrected chi connectivity index (χ3v) is 4.97. The summed E-state index contributed by atoms with van der Waals surface area (Å²) in [6, 6.07) is 4.56. The molecule has 122 valence electrons. The summed E-state index contributed by atoms with van der Waals surface area (Å²) in [6.07, 6.45) is 1.06. The van der Waals surface area contributed by atoms with Crippen LogP contribution in [0.25, 0.3) is 0 Å². The van der Waals surface area contributed by atoms with Gasteiger partial charge in [-0.15, -0.1) is 0 Å². The van der Waals surface area contributed by atoms with E-state index in [2.05, 4.69) is 4.74 Å². The van der Waals surface area contributed by atoms with Gasteiger partial charge in [-0.3, -0.25) is 4.79 Å². The number of halogens is 1. The zero-order valence-corrected chi connectivity index (χ0v) is 13.4. The molecule has 1 aliphatic heterocycles. The summed E-state index contributed by atoms with van der Waals surface area (Å²) < 4.78 is 42.7. The second-order valence-corrected chi connectivity index (χ2v) is 7.16. The van der Waals surface area contributed by atoms with Gasteiger partial charge in [0, 0.05) is 37.4 Å². The number of piperazine rings is 1. The van der Waals surface area contributed by atoms with E-state index in [4.69, 9.17) is 0 Å². The molecule has 0 spiro atoms. The van der Waals surface area contributed by atoms with Gasteiger partial charge in [-0.05, 0) is 18.2 Å². The number of hydrogen-bond acceptors (Lipinski definition) is 5. The van der Waals surface area contributed by atoms with Gasteiger partial charge in [-0.25, -0.2) is 12.8 Å². The van der Waals surface area contributed by atoms with Crippen LogP contribution in [0, 0.1) is 5.82 Å². The van der Waals surface area contributed by atoms with E-state index < -0.39 is 21.8 Å². The SMILES string of the molecule is COC(=O)Cc1cc(N2CCN(S(C)(=O)=O)CC2)ccc1F. The van der Waals surface area contributed by atoms with Crippen molar-refractivity contribution in [3.05, 3.63) is 29.6 Å². The highest BCUT2D eigenvalue weighted by Gasteiger charge is 2.24. The molecule has 1 aromatic rings. The highest BCUT2D eigenvalue weighted by atomic mass is 32.2. The van der Waals surface area contributed by atoms with Gasteiger partial charge in [0.25, 0.3) is 0 Å². The molecule has 6 nitrogen and oxygen atoms in total. The van der Waals surface area contributed by atoms with E-state index in [9.17, 15) is 17.6 Å². The van der Waals surface area contributed by atoms with Gasteiger partial charge in [0.1, 0.15) is 5.82 Å². The lowest BCUT2D eigenvalue weighted by atomic mass is 10.1. The second kappa shape index (κ2) is 6.62.